The van der Waals surface area contributed by atoms with E-state index in [2.05, 4.69) is 11.9 Å². The van der Waals surface area contributed by atoms with E-state index in [-0.39, 0.29) is 0 Å². The molecule has 1 aromatic rings. The van der Waals surface area contributed by atoms with Crippen molar-refractivity contribution in [1.82, 2.24) is 10.2 Å². The molecule has 0 saturated carbocycles. The van der Waals surface area contributed by atoms with Gasteiger partial charge in [0.2, 0.25) is 0 Å². The molecule has 1 rings (SSSR count). The van der Waals surface area contributed by atoms with Crippen LogP contribution in [0.4, 0.5) is 4.79 Å². The number of rotatable bonds is 6. The third-order valence-electron chi connectivity index (χ3n) is 2.47. The highest BCUT2D eigenvalue weighted by atomic mass is 32.1. The summed E-state index contributed by atoms with van der Waals surface area (Å²) in [4.78, 5) is 25.4. The summed E-state index contributed by atoms with van der Waals surface area (Å²) in [7, 11) is 0. The first kappa shape index (κ1) is 15.2. The summed E-state index contributed by atoms with van der Waals surface area (Å²) in [5.41, 5.74) is 0.847. The largest absolute Gasteiger partial charge is 0.479 e. The summed E-state index contributed by atoms with van der Waals surface area (Å²) >= 11 is 1.30. The minimum atomic E-state index is -1.07. The van der Waals surface area contributed by atoms with Gasteiger partial charge in [-0.2, -0.15) is 0 Å². The third-order valence-corrected chi connectivity index (χ3v) is 3.41. The molecule has 1 aromatic heterocycles. The lowest BCUT2D eigenvalue weighted by molar-refractivity contribution is -0.139. The van der Waals surface area contributed by atoms with Gasteiger partial charge in [-0.25, -0.2) is 9.59 Å². The van der Waals surface area contributed by atoms with Crippen molar-refractivity contribution in [2.45, 2.75) is 19.9 Å². The average molecular weight is 282 g/mol. The molecule has 0 saturated heterocycles. The maximum atomic E-state index is 12.0. The smallest absolute Gasteiger partial charge is 0.331 e. The number of nitrogens with zero attached hydrogens (tertiary/aromatic N) is 1. The number of thiophene rings is 1. The molecule has 0 aromatic carbocycles. The second kappa shape index (κ2) is 6.94. The van der Waals surface area contributed by atoms with E-state index in [9.17, 15) is 14.7 Å². The molecule has 19 heavy (non-hydrogen) atoms. The fourth-order valence-electron chi connectivity index (χ4n) is 1.58. The number of hydrogen-bond donors (Lipinski definition) is 2. The molecule has 0 aliphatic carbocycles. The zero-order chi connectivity index (χ0) is 14.4. The quantitative estimate of drug-likeness (QED) is 0.787. The van der Waals surface area contributed by atoms with Gasteiger partial charge in [-0.05, 0) is 25.3 Å². The van der Waals surface area contributed by atoms with Crippen molar-refractivity contribution in [2.75, 3.05) is 13.1 Å². The van der Waals surface area contributed by atoms with Crippen molar-refractivity contribution in [2.24, 2.45) is 0 Å². The molecule has 2 amide bonds. The molecule has 0 radical (unpaired) electrons. The van der Waals surface area contributed by atoms with Crippen LogP contribution in [-0.2, 0) is 4.79 Å². The summed E-state index contributed by atoms with van der Waals surface area (Å²) in [6, 6.07) is 2.05. The lowest BCUT2D eigenvalue weighted by Gasteiger charge is -2.23. The Balaban J connectivity index is 2.76. The van der Waals surface area contributed by atoms with Crippen LogP contribution in [0.1, 0.15) is 24.8 Å². The van der Waals surface area contributed by atoms with Crippen molar-refractivity contribution in [3.05, 3.63) is 34.5 Å². The van der Waals surface area contributed by atoms with Crippen molar-refractivity contribution in [3.63, 3.8) is 0 Å². The van der Waals surface area contributed by atoms with Crippen LogP contribution in [0.2, 0.25) is 0 Å². The van der Waals surface area contributed by atoms with Gasteiger partial charge >= 0.3 is 12.0 Å². The van der Waals surface area contributed by atoms with Gasteiger partial charge in [-0.3, -0.25) is 0 Å². The zero-order valence-corrected chi connectivity index (χ0v) is 11.9. The van der Waals surface area contributed by atoms with Crippen LogP contribution in [-0.4, -0.2) is 35.1 Å². The van der Waals surface area contributed by atoms with Crippen molar-refractivity contribution in [3.8, 4) is 0 Å². The second-order valence-corrected chi connectivity index (χ2v) is 5.19. The molecule has 1 unspecified atom stereocenters. The number of carbonyl (C=O) groups excluding carboxylic acids is 1. The minimum absolute atomic E-state index is 0.397. The summed E-state index contributed by atoms with van der Waals surface area (Å²) in [5.74, 6) is -1.07. The highest BCUT2D eigenvalue weighted by molar-refractivity contribution is 7.10. The summed E-state index contributed by atoms with van der Waals surface area (Å²) < 4.78 is 0. The molecule has 0 bridgehead atoms. The Hall–Kier alpha value is -1.82. The van der Waals surface area contributed by atoms with Gasteiger partial charge in [-0.1, -0.05) is 18.2 Å². The Morgan fingerprint density at radius 3 is 2.68 bits per heavy atom. The standard InChI is InChI=1S/C13H18N2O3S/c1-4-15(8-9(2)3)13(18)14-11(12(16)17)10-6-5-7-19-10/h5-7,11H,2,4,8H2,1,3H3,(H,14,18)(H,16,17). The van der Waals surface area contributed by atoms with Gasteiger partial charge in [0.15, 0.2) is 6.04 Å². The fraction of sp³-hybridized carbons (Fsp3) is 0.385. The maximum absolute atomic E-state index is 12.0. The van der Waals surface area contributed by atoms with Gasteiger partial charge in [0, 0.05) is 18.0 Å². The average Bonchev–Trinajstić information content (AvgIpc) is 2.85. The number of carboxylic acid groups (broad SMARTS) is 1. The van der Waals surface area contributed by atoms with Crippen LogP contribution in [0.25, 0.3) is 0 Å². The van der Waals surface area contributed by atoms with E-state index in [0.717, 1.165) is 5.57 Å². The van der Waals surface area contributed by atoms with Crippen molar-refractivity contribution < 1.29 is 14.7 Å². The molecular formula is C13H18N2O3S. The Morgan fingerprint density at radius 1 is 1.58 bits per heavy atom. The Morgan fingerprint density at radius 2 is 2.26 bits per heavy atom. The number of carboxylic acids is 1. The Kier molecular flexibility index (Phi) is 5.57. The predicted octanol–water partition coefficient (Wildman–Crippen LogP) is 2.48. The highest BCUT2D eigenvalue weighted by Crippen LogP contribution is 2.19. The van der Waals surface area contributed by atoms with Crippen LogP contribution >= 0.6 is 11.3 Å². The molecule has 6 heteroatoms. The normalized spacial score (nSPS) is 11.7. The highest BCUT2D eigenvalue weighted by Gasteiger charge is 2.25. The molecule has 1 atom stereocenters. The molecule has 0 aliphatic heterocycles. The van der Waals surface area contributed by atoms with Gasteiger partial charge in [0.05, 0.1) is 0 Å². The molecule has 1 heterocycles. The number of nitrogens with one attached hydrogen (secondary N) is 1. The molecule has 0 aliphatic rings. The van der Waals surface area contributed by atoms with Crippen molar-refractivity contribution >= 4 is 23.3 Å². The van der Waals surface area contributed by atoms with Crippen LogP contribution < -0.4 is 5.32 Å². The lowest BCUT2D eigenvalue weighted by atomic mass is 10.2. The predicted molar refractivity (Wildman–Crippen MR) is 75.3 cm³/mol. The summed E-state index contributed by atoms with van der Waals surface area (Å²) in [5, 5.41) is 13.5. The van der Waals surface area contributed by atoms with Crippen LogP contribution in [0.3, 0.4) is 0 Å². The van der Waals surface area contributed by atoms with E-state index >= 15 is 0 Å². The minimum Gasteiger partial charge on any atom is -0.479 e. The molecule has 5 nitrogen and oxygen atoms in total. The van der Waals surface area contributed by atoms with E-state index in [0.29, 0.717) is 18.0 Å². The Labute approximate surface area is 116 Å². The molecule has 0 spiro atoms. The van der Waals surface area contributed by atoms with Gasteiger partial charge in [-0.15, -0.1) is 11.3 Å². The lowest BCUT2D eigenvalue weighted by Crippen LogP contribution is -2.44. The summed E-state index contributed by atoms with van der Waals surface area (Å²) in [6.45, 7) is 8.32. The van der Waals surface area contributed by atoms with Crippen molar-refractivity contribution in [1.29, 1.82) is 0 Å². The maximum Gasteiger partial charge on any atom is 0.331 e. The molecule has 2 N–H and O–H groups in total. The van der Waals surface area contributed by atoms with Crippen LogP contribution in [0, 0.1) is 0 Å². The van der Waals surface area contributed by atoms with E-state index in [1.54, 1.807) is 17.5 Å². The number of hydrogen-bond acceptors (Lipinski definition) is 3. The van der Waals surface area contributed by atoms with Crippen LogP contribution in [0.5, 0.6) is 0 Å². The van der Waals surface area contributed by atoms with E-state index in [1.807, 2.05) is 13.8 Å². The van der Waals surface area contributed by atoms with Crippen LogP contribution in [0.15, 0.2) is 29.7 Å². The van der Waals surface area contributed by atoms with Gasteiger partial charge in [0.25, 0.3) is 0 Å². The topological polar surface area (TPSA) is 69.6 Å². The second-order valence-electron chi connectivity index (χ2n) is 4.21. The fourth-order valence-corrected chi connectivity index (χ4v) is 2.35. The molecular weight excluding hydrogens is 264 g/mol. The number of amides is 2. The first-order valence-electron chi connectivity index (χ1n) is 5.91. The molecule has 104 valence electrons. The number of likely N-dealkylation sites (N-methyl/N-ethyl adjacent to an activating group) is 1. The first-order valence-corrected chi connectivity index (χ1v) is 6.79. The number of carbonyl (C=O) groups is 2. The van der Waals surface area contributed by atoms with Gasteiger partial charge in [0.1, 0.15) is 0 Å². The third kappa shape index (κ3) is 4.40. The van der Waals surface area contributed by atoms with E-state index in [1.165, 1.54) is 16.2 Å². The first-order chi connectivity index (χ1) is 8.95. The Bertz CT molecular complexity index is 456. The van der Waals surface area contributed by atoms with E-state index in [4.69, 9.17) is 0 Å². The number of aliphatic carboxylic acids is 1. The zero-order valence-electron chi connectivity index (χ0n) is 11.0. The number of urea groups is 1. The van der Waals surface area contributed by atoms with E-state index < -0.39 is 18.0 Å². The summed E-state index contributed by atoms with van der Waals surface area (Å²) in [6.07, 6.45) is 0. The van der Waals surface area contributed by atoms with Gasteiger partial charge < -0.3 is 15.3 Å². The SMILES string of the molecule is C=C(C)CN(CC)C(=O)NC(C(=O)O)c1cccs1. The molecule has 0 fully saturated rings. The monoisotopic (exact) mass is 282 g/mol.